The second-order valence-corrected chi connectivity index (χ2v) is 5.84. The van der Waals surface area contributed by atoms with Crippen molar-refractivity contribution in [2.75, 3.05) is 24.2 Å². The number of aliphatic hydroxyl groups is 1. The van der Waals surface area contributed by atoms with Crippen LogP contribution in [0.3, 0.4) is 0 Å². The number of nitrogen functional groups attached to an aromatic ring is 1. The number of anilines is 3. The monoisotopic (exact) mass is 309 g/mol. The van der Waals surface area contributed by atoms with Crippen molar-refractivity contribution in [1.29, 1.82) is 0 Å². The standard InChI is InChI=1S/C12H15N5O3S/c13-11-5-6-14-12(17-11)16-9-1-3-10(4-2-9)21(19,20)15-7-8-18/h1-6,15,18H,7-8H2,(H3,13,14,16,17). The Hall–Kier alpha value is -2.23. The highest BCUT2D eigenvalue weighted by molar-refractivity contribution is 7.89. The first-order valence-electron chi connectivity index (χ1n) is 6.07. The fraction of sp³-hybridized carbons (Fsp3) is 0.167. The van der Waals surface area contributed by atoms with E-state index in [9.17, 15) is 8.42 Å². The van der Waals surface area contributed by atoms with Gasteiger partial charge in [0.05, 0.1) is 11.5 Å². The maximum atomic E-state index is 11.8. The van der Waals surface area contributed by atoms with Crippen molar-refractivity contribution in [2.24, 2.45) is 0 Å². The minimum atomic E-state index is -3.61. The van der Waals surface area contributed by atoms with E-state index < -0.39 is 10.0 Å². The highest BCUT2D eigenvalue weighted by Gasteiger charge is 2.12. The van der Waals surface area contributed by atoms with E-state index in [2.05, 4.69) is 20.0 Å². The lowest BCUT2D eigenvalue weighted by molar-refractivity contribution is 0.301. The Balaban J connectivity index is 2.12. The summed E-state index contributed by atoms with van der Waals surface area (Å²) in [5.74, 6) is 0.656. The van der Waals surface area contributed by atoms with Gasteiger partial charge in [0.15, 0.2) is 0 Å². The summed E-state index contributed by atoms with van der Waals surface area (Å²) in [5, 5.41) is 11.6. The third kappa shape index (κ3) is 4.12. The van der Waals surface area contributed by atoms with Gasteiger partial charge in [-0.05, 0) is 30.3 Å². The number of aromatic nitrogens is 2. The molecule has 8 nitrogen and oxygen atoms in total. The van der Waals surface area contributed by atoms with Gasteiger partial charge in [-0.1, -0.05) is 0 Å². The zero-order valence-electron chi connectivity index (χ0n) is 11.0. The molecule has 1 aromatic carbocycles. The van der Waals surface area contributed by atoms with E-state index >= 15 is 0 Å². The van der Waals surface area contributed by atoms with Crippen LogP contribution >= 0.6 is 0 Å². The Bertz CT molecular complexity index is 703. The Morgan fingerprint density at radius 1 is 1.19 bits per heavy atom. The molecular weight excluding hydrogens is 294 g/mol. The smallest absolute Gasteiger partial charge is 0.240 e. The van der Waals surface area contributed by atoms with Crippen LogP contribution in [0.1, 0.15) is 0 Å². The molecule has 1 heterocycles. The molecule has 2 aromatic rings. The molecule has 0 aliphatic rings. The van der Waals surface area contributed by atoms with Gasteiger partial charge in [-0.2, -0.15) is 4.98 Å². The van der Waals surface area contributed by atoms with Crippen molar-refractivity contribution in [2.45, 2.75) is 4.90 Å². The first-order chi connectivity index (χ1) is 10.0. The SMILES string of the molecule is Nc1ccnc(Nc2ccc(S(=O)(=O)NCCO)cc2)n1. The van der Waals surface area contributed by atoms with Gasteiger partial charge in [-0.3, -0.25) is 0 Å². The Morgan fingerprint density at radius 2 is 1.90 bits per heavy atom. The lowest BCUT2D eigenvalue weighted by Crippen LogP contribution is -2.26. The van der Waals surface area contributed by atoms with Gasteiger partial charge < -0.3 is 16.2 Å². The number of sulfonamides is 1. The van der Waals surface area contributed by atoms with E-state index in [-0.39, 0.29) is 18.0 Å². The van der Waals surface area contributed by atoms with E-state index in [1.54, 1.807) is 18.2 Å². The average Bonchev–Trinajstić information content (AvgIpc) is 2.46. The molecule has 1 aromatic heterocycles. The van der Waals surface area contributed by atoms with Crippen LogP contribution in [0.4, 0.5) is 17.5 Å². The van der Waals surface area contributed by atoms with Crippen molar-refractivity contribution in [3.05, 3.63) is 36.5 Å². The fourth-order valence-corrected chi connectivity index (χ4v) is 2.56. The molecule has 0 aliphatic carbocycles. The zero-order chi connectivity index (χ0) is 15.3. The summed E-state index contributed by atoms with van der Waals surface area (Å²) >= 11 is 0. The number of aliphatic hydroxyl groups excluding tert-OH is 1. The molecule has 112 valence electrons. The van der Waals surface area contributed by atoms with Crippen molar-refractivity contribution in [1.82, 2.24) is 14.7 Å². The van der Waals surface area contributed by atoms with Crippen molar-refractivity contribution < 1.29 is 13.5 Å². The molecule has 0 radical (unpaired) electrons. The molecule has 5 N–H and O–H groups in total. The van der Waals surface area contributed by atoms with Crippen molar-refractivity contribution in [3.8, 4) is 0 Å². The maximum absolute atomic E-state index is 11.8. The van der Waals surface area contributed by atoms with Crippen LogP contribution in [0.15, 0.2) is 41.4 Å². The number of benzene rings is 1. The number of hydrogen-bond acceptors (Lipinski definition) is 7. The summed E-state index contributed by atoms with van der Waals surface area (Å²) in [4.78, 5) is 8.07. The number of nitrogens with zero attached hydrogens (tertiary/aromatic N) is 2. The Labute approximate surface area is 122 Å². The van der Waals surface area contributed by atoms with Crippen LogP contribution in [0.2, 0.25) is 0 Å². The lowest BCUT2D eigenvalue weighted by atomic mass is 10.3. The van der Waals surface area contributed by atoms with Gasteiger partial charge in [0.25, 0.3) is 0 Å². The third-order valence-corrected chi connectivity index (χ3v) is 3.98. The quantitative estimate of drug-likeness (QED) is 0.594. The average molecular weight is 309 g/mol. The van der Waals surface area contributed by atoms with Gasteiger partial charge in [-0.15, -0.1) is 0 Å². The number of nitrogens with one attached hydrogen (secondary N) is 2. The highest BCUT2D eigenvalue weighted by Crippen LogP contribution is 2.16. The largest absolute Gasteiger partial charge is 0.395 e. The second-order valence-electron chi connectivity index (χ2n) is 4.08. The van der Waals surface area contributed by atoms with Crippen LogP contribution < -0.4 is 15.8 Å². The van der Waals surface area contributed by atoms with Crippen LogP contribution in [0, 0.1) is 0 Å². The van der Waals surface area contributed by atoms with E-state index in [1.807, 2.05) is 0 Å². The van der Waals surface area contributed by atoms with Crippen LogP contribution in [0.5, 0.6) is 0 Å². The van der Waals surface area contributed by atoms with Gasteiger partial charge in [0.1, 0.15) is 5.82 Å². The summed E-state index contributed by atoms with van der Waals surface area (Å²) in [6, 6.07) is 7.61. The van der Waals surface area contributed by atoms with Crippen LogP contribution in [-0.2, 0) is 10.0 Å². The Morgan fingerprint density at radius 3 is 2.52 bits per heavy atom. The molecule has 0 saturated heterocycles. The normalized spacial score (nSPS) is 11.3. The van der Waals surface area contributed by atoms with E-state index in [0.717, 1.165) is 0 Å². The first kappa shape index (κ1) is 15.2. The minimum absolute atomic E-state index is 0.0283. The molecule has 0 aliphatic heterocycles. The number of hydrogen-bond donors (Lipinski definition) is 4. The van der Waals surface area contributed by atoms with E-state index in [1.165, 1.54) is 18.3 Å². The summed E-state index contributed by atoms with van der Waals surface area (Å²) in [5.41, 5.74) is 6.17. The fourth-order valence-electron chi connectivity index (χ4n) is 1.54. The third-order valence-electron chi connectivity index (χ3n) is 2.50. The van der Waals surface area contributed by atoms with E-state index in [4.69, 9.17) is 10.8 Å². The van der Waals surface area contributed by atoms with Crippen LogP contribution in [-0.4, -0.2) is 36.6 Å². The molecule has 21 heavy (non-hydrogen) atoms. The predicted octanol–water partition coefficient (Wildman–Crippen LogP) is 0.0730. The minimum Gasteiger partial charge on any atom is -0.395 e. The molecule has 0 atom stereocenters. The lowest BCUT2D eigenvalue weighted by Gasteiger charge is -2.08. The maximum Gasteiger partial charge on any atom is 0.240 e. The Kier molecular flexibility index (Phi) is 4.68. The highest BCUT2D eigenvalue weighted by atomic mass is 32.2. The number of rotatable bonds is 6. The molecular formula is C12H15N5O3S. The first-order valence-corrected chi connectivity index (χ1v) is 7.56. The summed E-state index contributed by atoms with van der Waals surface area (Å²) < 4.78 is 25.9. The molecule has 0 amide bonds. The van der Waals surface area contributed by atoms with Gasteiger partial charge in [-0.25, -0.2) is 18.1 Å². The summed E-state index contributed by atoms with van der Waals surface area (Å²) in [6.07, 6.45) is 1.52. The zero-order valence-corrected chi connectivity index (χ0v) is 11.8. The van der Waals surface area contributed by atoms with Crippen molar-refractivity contribution >= 4 is 27.5 Å². The number of nitrogens with two attached hydrogens (primary N) is 1. The predicted molar refractivity (Wildman–Crippen MR) is 78.4 cm³/mol. The second kappa shape index (κ2) is 6.48. The molecule has 0 bridgehead atoms. The summed E-state index contributed by atoms with van der Waals surface area (Å²) in [6.45, 7) is -0.287. The topological polar surface area (TPSA) is 130 Å². The summed E-state index contributed by atoms with van der Waals surface area (Å²) in [7, 11) is -3.61. The van der Waals surface area contributed by atoms with Crippen molar-refractivity contribution in [3.63, 3.8) is 0 Å². The van der Waals surface area contributed by atoms with Crippen LogP contribution in [0.25, 0.3) is 0 Å². The van der Waals surface area contributed by atoms with E-state index in [0.29, 0.717) is 17.5 Å². The van der Waals surface area contributed by atoms with Gasteiger partial charge in [0.2, 0.25) is 16.0 Å². The molecule has 0 unspecified atom stereocenters. The molecule has 0 spiro atoms. The molecule has 9 heteroatoms. The molecule has 0 fully saturated rings. The van der Waals surface area contributed by atoms with Gasteiger partial charge >= 0.3 is 0 Å². The molecule has 0 saturated carbocycles. The molecule has 2 rings (SSSR count). The van der Waals surface area contributed by atoms with Gasteiger partial charge in [0, 0.05) is 18.4 Å².